The molecule has 0 saturated carbocycles. The zero-order valence-electron chi connectivity index (χ0n) is 16.2. The predicted molar refractivity (Wildman–Crippen MR) is 106 cm³/mol. The van der Waals surface area contributed by atoms with Crippen LogP contribution >= 0.6 is 0 Å². The van der Waals surface area contributed by atoms with Crippen molar-refractivity contribution in [2.45, 2.75) is 26.2 Å². The molecule has 7 nitrogen and oxygen atoms in total. The summed E-state index contributed by atoms with van der Waals surface area (Å²) in [6.45, 7) is 6.83. The first-order valence-electron chi connectivity index (χ1n) is 9.95. The number of anilines is 2. The standard InChI is InChI=1S/C20H30N4O3/c1-2-27-20(26)24-14-12-23(13-15-24)19(25)16-21-17-6-8-18(9-7-17)22-10-4-3-5-11-22/h6-9,21H,2-5,10-16H2,1H3. The average Bonchev–Trinajstić information content (AvgIpc) is 2.73. The number of nitrogens with zero attached hydrogens (tertiary/aromatic N) is 3. The number of amides is 2. The lowest BCUT2D eigenvalue weighted by atomic mass is 10.1. The Morgan fingerprint density at radius 2 is 1.56 bits per heavy atom. The molecule has 0 aromatic heterocycles. The van der Waals surface area contributed by atoms with Gasteiger partial charge in [-0.3, -0.25) is 4.79 Å². The van der Waals surface area contributed by atoms with Gasteiger partial charge in [-0.1, -0.05) is 0 Å². The molecule has 0 radical (unpaired) electrons. The normalized spacial score (nSPS) is 17.6. The maximum absolute atomic E-state index is 12.4. The van der Waals surface area contributed by atoms with Gasteiger partial charge in [0.25, 0.3) is 0 Å². The van der Waals surface area contributed by atoms with Crippen LogP contribution in [0.5, 0.6) is 0 Å². The summed E-state index contributed by atoms with van der Waals surface area (Å²) in [6, 6.07) is 8.32. The second-order valence-electron chi connectivity index (χ2n) is 7.01. The number of ether oxygens (including phenoxy) is 1. The lowest BCUT2D eigenvalue weighted by Crippen LogP contribution is -2.51. The van der Waals surface area contributed by atoms with Crippen molar-refractivity contribution in [2.24, 2.45) is 0 Å². The zero-order chi connectivity index (χ0) is 19.1. The minimum absolute atomic E-state index is 0.0543. The molecule has 2 saturated heterocycles. The molecule has 2 aliphatic heterocycles. The van der Waals surface area contributed by atoms with Crippen molar-refractivity contribution in [3.8, 4) is 0 Å². The van der Waals surface area contributed by atoms with Gasteiger partial charge in [0.15, 0.2) is 0 Å². The lowest BCUT2D eigenvalue weighted by Gasteiger charge is -2.34. The highest BCUT2D eigenvalue weighted by Crippen LogP contribution is 2.21. The molecule has 1 N–H and O–H groups in total. The Bertz CT molecular complexity index is 621. The van der Waals surface area contributed by atoms with E-state index in [4.69, 9.17) is 4.74 Å². The van der Waals surface area contributed by atoms with Gasteiger partial charge in [-0.05, 0) is 50.5 Å². The fourth-order valence-electron chi connectivity index (χ4n) is 3.58. The van der Waals surface area contributed by atoms with E-state index in [-0.39, 0.29) is 18.5 Å². The van der Waals surface area contributed by atoms with Crippen LogP contribution in [-0.4, -0.2) is 74.2 Å². The molecule has 0 spiro atoms. The Labute approximate surface area is 161 Å². The minimum atomic E-state index is -0.295. The third-order valence-corrected chi connectivity index (χ3v) is 5.19. The maximum Gasteiger partial charge on any atom is 0.409 e. The van der Waals surface area contributed by atoms with Gasteiger partial charge in [0.1, 0.15) is 0 Å². The van der Waals surface area contributed by atoms with Crippen LogP contribution in [0.25, 0.3) is 0 Å². The van der Waals surface area contributed by atoms with Crippen LogP contribution in [0.15, 0.2) is 24.3 Å². The molecule has 1 aromatic rings. The highest BCUT2D eigenvalue weighted by atomic mass is 16.6. The molecule has 2 heterocycles. The first kappa shape index (κ1) is 19.3. The van der Waals surface area contributed by atoms with Gasteiger partial charge in [0.2, 0.25) is 5.91 Å². The average molecular weight is 374 g/mol. The highest BCUT2D eigenvalue weighted by Gasteiger charge is 2.24. The van der Waals surface area contributed by atoms with E-state index in [1.165, 1.54) is 24.9 Å². The fraction of sp³-hybridized carbons (Fsp3) is 0.600. The van der Waals surface area contributed by atoms with Gasteiger partial charge in [0, 0.05) is 50.6 Å². The third kappa shape index (κ3) is 5.28. The Morgan fingerprint density at radius 1 is 0.926 bits per heavy atom. The fourth-order valence-corrected chi connectivity index (χ4v) is 3.58. The molecular weight excluding hydrogens is 344 g/mol. The first-order valence-corrected chi connectivity index (χ1v) is 9.95. The summed E-state index contributed by atoms with van der Waals surface area (Å²) in [6.07, 6.45) is 3.55. The summed E-state index contributed by atoms with van der Waals surface area (Å²) in [5.74, 6) is 0.0543. The number of rotatable bonds is 5. The maximum atomic E-state index is 12.4. The molecule has 2 fully saturated rings. The number of piperidine rings is 1. The molecule has 1 aromatic carbocycles. The van der Waals surface area contributed by atoms with Crippen molar-refractivity contribution < 1.29 is 14.3 Å². The van der Waals surface area contributed by atoms with Crippen LogP contribution < -0.4 is 10.2 Å². The number of carbonyl (C=O) groups excluding carboxylic acids is 2. The molecule has 7 heteroatoms. The molecule has 2 aliphatic rings. The van der Waals surface area contributed by atoms with Gasteiger partial charge in [-0.25, -0.2) is 4.79 Å². The SMILES string of the molecule is CCOC(=O)N1CCN(C(=O)CNc2ccc(N3CCCCC3)cc2)CC1. The Kier molecular flexibility index (Phi) is 6.79. The minimum Gasteiger partial charge on any atom is -0.450 e. The number of nitrogens with one attached hydrogen (secondary N) is 1. The van der Waals surface area contributed by atoms with E-state index in [9.17, 15) is 9.59 Å². The Morgan fingerprint density at radius 3 is 2.19 bits per heavy atom. The molecule has 0 bridgehead atoms. The van der Waals surface area contributed by atoms with E-state index in [0.717, 1.165) is 18.8 Å². The number of benzene rings is 1. The van der Waals surface area contributed by atoms with Crippen molar-refractivity contribution in [1.29, 1.82) is 0 Å². The highest BCUT2D eigenvalue weighted by molar-refractivity contribution is 5.81. The number of hydrogen-bond acceptors (Lipinski definition) is 5. The molecule has 2 amide bonds. The van der Waals surface area contributed by atoms with E-state index in [1.54, 1.807) is 16.7 Å². The van der Waals surface area contributed by atoms with Crippen LogP contribution in [0.2, 0.25) is 0 Å². The monoisotopic (exact) mass is 374 g/mol. The van der Waals surface area contributed by atoms with Crippen LogP contribution in [0.4, 0.5) is 16.2 Å². The summed E-state index contributed by atoms with van der Waals surface area (Å²) in [4.78, 5) is 30.0. The van der Waals surface area contributed by atoms with Crippen molar-refractivity contribution in [1.82, 2.24) is 9.80 Å². The molecule has 3 rings (SSSR count). The predicted octanol–water partition coefficient (Wildman–Crippen LogP) is 2.39. The van der Waals surface area contributed by atoms with E-state index < -0.39 is 0 Å². The van der Waals surface area contributed by atoms with Gasteiger partial charge in [-0.15, -0.1) is 0 Å². The van der Waals surface area contributed by atoms with Gasteiger partial charge in [-0.2, -0.15) is 0 Å². The molecular formula is C20H30N4O3. The molecule has 0 aliphatic carbocycles. The smallest absolute Gasteiger partial charge is 0.409 e. The largest absolute Gasteiger partial charge is 0.450 e. The van der Waals surface area contributed by atoms with E-state index in [2.05, 4.69) is 22.3 Å². The van der Waals surface area contributed by atoms with E-state index >= 15 is 0 Å². The van der Waals surface area contributed by atoms with Crippen molar-refractivity contribution in [3.63, 3.8) is 0 Å². The first-order chi connectivity index (χ1) is 13.2. The summed E-state index contributed by atoms with van der Waals surface area (Å²) in [5, 5.41) is 3.21. The second-order valence-corrected chi connectivity index (χ2v) is 7.01. The van der Waals surface area contributed by atoms with Gasteiger partial charge >= 0.3 is 6.09 Å². The lowest BCUT2D eigenvalue weighted by molar-refractivity contribution is -0.130. The van der Waals surface area contributed by atoms with Crippen molar-refractivity contribution in [3.05, 3.63) is 24.3 Å². The number of hydrogen-bond donors (Lipinski definition) is 1. The third-order valence-electron chi connectivity index (χ3n) is 5.19. The summed E-state index contributed by atoms with van der Waals surface area (Å²) < 4.78 is 5.00. The molecule has 0 unspecified atom stereocenters. The topological polar surface area (TPSA) is 65.1 Å². The van der Waals surface area contributed by atoms with Gasteiger partial charge < -0.3 is 24.8 Å². The van der Waals surface area contributed by atoms with Crippen LogP contribution in [0.3, 0.4) is 0 Å². The number of piperazine rings is 1. The summed E-state index contributed by atoms with van der Waals surface area (Å²) in [5.41, 5.74) is 2.20. The summed E-state index contributed by atoms with van der Waals surface area (Å²) >= 11 is 0. The molecule has 27 heavy (non-hydrogen) atoms. The van der Waals surface area contributed by atoms with Crippen molar-refractivity contribution >= 4 is 23.4 Å². The molecule has 0 atom stereocenters. The van der Waals surface area contributed by atoms with Crippen LogP contribution in [0.1, 0.15) is 26.2 Å². The number of carbonyl (C=O) groups is 2. The second kappa shape index (κ2) is 9.48. The van der Waals surface area contributed by atoms with E-state index in [1.807, 2.05) is 12.1 Å². The van der Waals surface area contributed by atoms with E-state index in [0.29, 0.717) is 32.8 Å². The van der Waals surface area contributed by atoms with Crippen LogP contribution in [-0.2, 0) is 9.53 Å². The Balaban J connectivity index is 1.42. The zero-order valence-corrected chi connectivity index (χ0v) is 16.2. The van der Waals surface area contributed by atoms with Crippen molar-refractivity contribution in [2.75, 3.05) is 62.6 Å². The quantitative estimate of drug-likeness (QED) is 0.857. The Hall–Kier alpha value is -2.44. The van der Waals surface area contributed by atoms with Crippen LogP contribution in [0, 0.1) is 0 Å². The van der Waals surface area contributed by atoms with Gasteiger partial charge in [0.05, 0.1) is 13.2 Å². The summed E-state index contributed by atoms with van der Waals surface area (Å²) in [7, 11) is 0. The molecule has 148 valence electrons.